The van der Waals surface area contributed by atoms with Crippen molar-refractivity contribution in [2.24, 2.45) is 17.1 Å². The monoisotopic (exact) mass is 266 g/mol. The minimum absolute atomic E-state index is 0.324. The van der Waals surface area contributed by atoms with Crippen molar-refractivity contribution < 1.29 is 4.74 Å². The summed E-state index contributed by atoms with van der Waals surface area (Å²) in [6.45, 7) is 7.94. The fourth-order valence-electron chi connectivity index (χ4n) is 4.54. The molecular weight excluding hydrogens is 236 g/mol. The molecule has 0 aromatic heterocycles. The third-order valence-electron chi connectivity index (χ3n) is 5.87. The fraction of sp³-hybridized carbons (Fsp3) is 1.00. The number of fused-ring (bicyclic) bond motifs is 1. The summed E-state index contributed by atoms with van der Waals surface area (Å²) in [6.07, 6.45) is 8.41. The predicted molar refractivity (Wildman–Crippen MR) is 78.0 cm³/mol. The molecule has 0 radical (unpaired) electrons. The normalized spacial score (nSPS) is 43.1. The summed E-state index contributed by atoms with van der Waals surface area (Å²) in [7, 11) is 0. The van der Waals surface area contributed by atoms with E-state index in [2.05, 4.69) is 18.7 Å². The highest BCUT2D eigenvalue weighted by Crippen LogP contribution is 2.39. The number of morpholine rings is 1. The molecule has 0 aromatic rings. The lowest BCUT2D eigenvalue weighted by atomic mass is 9.68. The maximum absolute atomic E-state index is 6.55. The van der Waals surface area contributed by atoms with Gasteiger partial charge in [0.15, 0.2) is 0 Å². The molecule has 3 fully saturated rings. The van der Waals surface area contributed by atoms with Gasteiger partial charge in [-0.25, -0.2) is 0 Å². The highest BCUT2D eigenvalue weighted by Gasteiger charge is 2.41. The molecule has 4 unspecified atom stereocenters. The third kappa shape index (κ3) is 2.70. The molecule has 0 spiro atoms. The maximum atomic E-state index is 6.55. The van der Waals surface area contributed by atoms with Gasteiger partial charge in [0, 0.05) is 25.2 Å². The molecule has 3 rings (SSSR count). The topological polar surface area (TPSA) is 38.5 Å². The summed E-state index contributed by atoms with van der Waals surface area (Å²) in [5, 5.41) is 0. The smallest absolute Gasteiger partial charge is 0.0730 e. The summed E-state index contributed by atoms with van der Waals surface area (Å²) < 4.78 is 5.92. The maximum Gasteiger partial charge on any atom is 0.0730 e. The molecule has 2 aliphatic carbocycles. The number of nitrogens with zero attached hydrogens (tertiary/aromatic N) is 1. The van der Waals surface area contributed by atoms with E-state index in [4.69, 9.17) is 10.5 Å². The Bertz CT molecular complexity index is 312. The van der Waals surface area contributed by atoms with Crippen LogP contribution in [0, 0.1) is 11.3 Å². The SMILES string of the molecule is CC1(C)CCCC(CN2CCOC3CCCC32)C1N. The van der Waals surface area contributed by atoms with Crippen LogP contribution in [0.1, 0.15) is 52.4 Å². The van der Waals surface area contributed by atoms with E-state index in [0.717, 1.165) is 13.2 Å². The first-order valence-electron chi connectivity index (χ1n) is 8.19. The Labute approximate surface area is 117 Å². The molecule has 0 aromatic carbocycles. The molecule has 0 amide bonds. The molecule has 0 bridgehead atoms. The Morgan fingerprint density at radius 2 is 2.05 bits per heavy atom. The van der Waals surface area contributed by atoms with Crippen LogP contribution in [0.15, 0.2) is 0 Å². The van der Waals surface area contributed by atoms with Gasteiger partial charge < -0.3 is 10.5 Å². The standard InChI is InChI=1S/C16H30N2O/c1-16(2)8-4-5-12(15(16)17)11-18-9-10-19-14-7-3-6-13(14)18/h12-15H,3-11,17H2,1-2H3. The summed E-state index contributed by atoms with van der Waals surface area (Å²) in [6, 6.07) is 1.05. The number of nitrogens with two attached hydrogens (primary N) is 1. The van der Waals surface area contributed by atoms with Crippen molar-refractivity contribution in [2.75, 3.05) is 19.7 Å². The fourth-order valence-corrected chi connectivity index (χ4v) is 4.54. The minimum atomic E-state index is 0.324. The van der Waals surface area contributed by atoms with Crippen LogP contribution in [0.25, 0.3) is 0 Å². The van der Waals surface area contributed by atoms with E-state index in [1.54, 1.807) is 0 Å². The van der Waals surface area contributed by atoms with Crippen LogP contribution in [-0.4, -0.2) is 42.8 Å². The molecule has 2 saturated carbocycles. The van der Waals surface area contributed by atoms with Crippen molar-refractivity contribution in [1.29, 1.82) is 0 Å². The molecule has 19 heavy (non-hydrogen) atoms. The second-order valence-electron chi connectivity index (χ2n) is 7.57. The average Bonchev–Trinajstić information content (AvgIpc) is 2.84. The molecular formula is C16H30N2O. The Kier molecular flexibility index (Phi) is 3.89. The van der Waals surface area contributed by atoms with Crippen molar-refractivity contribution in [1.82, 2.24) is 4.90 Å². The minimum Gasteiger partial charge on any atom is -0.375 e. The van der Waals surface area contributed by atoms with E-state index in [9.17, 15) is 0 Å². The van der Waals surface area contributed by atoms with Gasteiger partial charge in [0.1, 0.15) is 0 Å². The van der Waals surface area contributed by atoms with Crippen LogP contribution < -0.4 is 5.73 Å². The van der Waals surface area contributed by atoms with Crippen molar-refractivity contribution in [3.8, 4) is 0 Å². The van der Waals surface area contributed by atoms with E-state index in [1.165, 1.54) is 45.1 Å². The van der Waals surface area contributed by atoms with Gasteiger partial charge in [-0.2, -0.15) is 0 Å². The van der Waals surface area contributed by atoms with E-state index in [0.29, 0.717) is 29.5 Å². The van der Waals surface area contributed by atoms with E-state index < -0.39 is 0 Å². The largest absolute Gasteiger partial charge is 0.375 e. The van der Waals surface area contributed by atoms with E-state index in [-0.39, 0.29) is 0 Å². The van der Waals surface area contributed by atoms with Crippen LogP contribution in [0.2, 0.25) is 0 Å². The zero-order chi connectivity index (χ0) is 13.5. The van der Waals surface area contributed by atoms with Gasteiger partial charge in [-0.05, 0) is 43.4 Å². The first kappa shape index (κ1) is 13.8. The lowest BCUT2D eigenvalue weighted by molar-refractivity contribution is -0.0654. The predicted octanol–water partition coefficient (Wildman–Crippen LogP) is 2.39. The highest BCUT2D eigenvalue weighted by atomic mass is 16.5. The number of hydrogen-bond acceptors (Lipinski definition) is 3. The quantitative estimate of drug-likeness (QED) is 0.834. The molecule has 1 aliphatic heterocycles. The number of rotatable bonds is 2. The Morgan fingerprint density at radius 3 is 2.89 bits per heavy atom. The zero-order valence-electron chi connectivity index (χ0n) is 12.6. The molecule has 3 nitrogen and oxygen atoms in total. The second kappa shape index (κ2) is 5.34. The van der Waals surface area contributed by atoms with Crippen LogP contribution in [0.3, 0.4) is 0 Å². The summed E-state index contributed by atoms with van der Waals surface area (Å²) in [4.78, 5) is 2.70. The summed E-state index contributed by atoms with van der Waals surface area (Å²) in [5.74, 6) is 0.683. The lowest BCUT2D eigenvalue weighted by Gasteiger charge is -2.46. The van der Waals surface area contributed by atoms with Crippen LogP contribution in [0.5, 0.6) is 0 Å². The van der Waals surface area contributed by atoms with Crippen molar-refractivity contribution >= 4 is 0 Å². The molecule has 1 heterocycles. The third-order valence-corrected chi connectivity index (χ3v) is 5.87. The molecule has 3 aliphatic rings. The highest BCUT2D eigenvalue weighted by molar-refractivity contribution is 4.95. The summed E-state index contributed by atoms with van der Waals surface area (Å²) >= 11 is 0. The number of ether oxygens (including phenoxy) is 1. The van der Waals surface area contributed by atoms with Gasteiger partial charge in [0.2, 0.25) is 0 Å². The van der Waals surface area contributed by atoms with Gasteiger partial charge in [-0.15, -0.1) is 0 Å². The van der Waals surface area contributed by atoms with Crippen LogP contribution in [-0.2, 0) is 4.74 Å². The zero-order valence-corrected chi connectivity index (χ0v) is 12.6. The molecule has 3 heteroatoms. The molecule has 4 atom stereocenters. The first-order valence-corrected chi connectivity index (χ1v) is 8.19. The van der Waals surface area contributed by atoms with E-state index in [1.807, 2.05) is 0 Å². The van der Waals surface area contributed by atoms with Gasteiger partial charge in [-0.1, -0.05) is 20.3 Å². The first-order chi connectivity index (χ1) is 9.08. The van der Waals surface area contributed by atoms with Gasteiger partial charge in [-0.3, -0.25) is 4.90 Å². The van der Waals surface area contributed by atoms with Crippen molar-refractivity contribution in [3.63, 3.8) is 0 Å². The molecule has 1 saturated heterocycles. The molecule has 2 N–H and O–H groups in total. The summed E-state index contributed by atoms with van der Waals surface area (Å²) in [5.41, 5.74) is 6.88. The number of hydrogen-bond donors (Lipinski definition) is 1. The van der Waals surface area contributed by atoms with Crippen LogP contribution >= 0.6 is 0 Å². The van der Waals surface area contributed by atoms with Gasteiger partial charge in [0.05, 0.1) is 12.7 Å². The van der Waals surface area contributed by atoms with Crippen molar-refractivity contribution in [2.45, 2.75) is 70.6 Å². The second-order valence-corrected chi connectivity index (χ2v) is 7.57. The Hall–Kier alpha value is -0.120. The van der Waals surface area contributed by atoms with Gasteiger partial charge in [0.25, 0.3) is 0 Å². The Balaban J connectivity index is 1.64. The lowest BCUT2D eigenvalue weighted by Crippen LogP contribution is -2.55. The molecule has 110 valence electrons. The van der Waals surface area contributed by atoms with Crippen LogP contribution in [0.4, 0.5) is 0 Å². The van der Waals surface area contributed by atoms with Crippen molar-refractivity contribution in [3.05, 3.63) is 0 Å². The van der Waals surface area contributed by atoms with Gasteiger partial charge >= 0.3 is 0 Å². The van der Waals surface area contributed by atoms with E-state index >= 15 is 0 Å². The average molecular weight is 266 g/mol. The Morgan fingerprint density at radius 1 is 1.21 bits per heavy atom.